The minimum Gasteiger partial charge on any atom is -0.428 e. The highest BCUT2D eigenvalue weighted by molar-refractivity contribution is 9.10. The summed E-state index contributed by atoms with van der Waals surface area (Å²) in [5.74, 6) is 0.817. The lowest BCUT2D eigenvalue weighted by Gasteiger charge is -1.97. The van der Waals surface area contributed by atoms with Gasteiger partial charge in [-0.1, -0.05) is 28.1 Å². The van der Waals surface area contributed by atoms with E-state index in [1.54, 1.807) is 7.05 Å². The van der Waals surface area contributed by atoms with E-state index in [9.17, 15) is 0 Å². The molecule has 2 aromatic rings. The van der Waals surface area contributed by atoms with Crippen molar-refractivity contribution < 1.29 is 4.42 Å². The summed E-state index contributed by atoms with van der Waals surface area (Å²) in [6.07, 6.45) is 0. The SMILES string of the molecule is CNc1nc(-c2cccc(Br)c2)c(C)o1. The average Bonchev–Trinajstić information content (AvgIpc) is 2.60. The number of oxazole rings is 1. The maximum absolute atomic E-state index is 5.42. The molecule has 0 aliphatic carbocycles. The van der Waals surface area contributed by atoms with Gasteiger partial charge in [0.1, 0.15) is 11.5 Å². The first-order chi connectivity index (χ1) is 7.20. The van der Waals surface area contributed by atoms with E-state index in [0.29, 0.717) is 6.01 Å². The molecule has 4 heteroatoms. The molecule has 0 spiro atoms. The van der Waals surface area contributed by atoms with Gasteiger partial charge >= 0.3 is 0 Å². The Labute approximate surface area is 96.6 Å². The van der Waals surface area contributed by atoms with Gasteiger partial charge in [-0.05, 0) is 19.1 Å². The van der Waals surface area contributed by atoms with Crippen LogP contribution in [0.15, 0.2) is 33.2 Å². The van der Waals surface area contributed by atoms with Crippen LogP contribution in [0.5, 0.6) is 0 Å². The lowest BCUT2D eigenvalue weighted by Crippen LogP contribution is -1.86. The molecule has 1 heterocycles. The summed E-state index contributed by atoms with van der Waals surface area (Å²) < 4.78 is 6.46. The Bertz CT molecular complexity index is 479. The van der Waals surface area contributed by atoms with Gasteiger partial charge in [0, 0.05) is 17.1 Å². The second-order valence-electron chi connectivity index (χ2n) is 3.18. The topological polar surface area (TPSA) is 38.1 Å². The quantitative estimate of drug-likeness (QED) is 0.905. The second kappa shape index (κ2) is 4.06. The van der Waals surface area contributed by atoms with Crippen LogP contribution in [-0.2, 0) is 0 Å². The molecule has 0 atom stereocenters. The van der Waals surface area contributed by atoms with E-state index >= 15 is 0 Å². The van der Waals surface area contributed by atoms with Crippen molar-refractivity contribution in [2.24, 2.45) is 0 Å². The fourth-order valence-corrected chi connectivity index (χ4v) is 1.81. The normalized spacial score (nSPS) is 10.3. The van der Waals surface area contributed by atoms with Crippen LogP contribution in [0.3, 0.4) is 0 Å². The summed E-state index contributed by atoms with van der Waals surface area (Å²) in [6, 6.07) is 8.53. The number of halogens is 1. The highest BCUT2D eigenvalue weighted by Crippen LogP contribution is 2.27. The maximum atomic E-state index is 5.42. The molecule has 0 radical (unpaired) electrons. The number of hydrogen-bond acceptors (Lipinski definition) is 3. The third-order valence-corrected chi connectivity index (χ3v) is 2.60. The first-order valence-electron chi connectivity index (χ1n) is 4.62. The summed E-state index contributed by atoms with van der Waals surface area (Å²) >= 11 is 3.43. The Morgan fingerprint density at radius 2 is 2.20 bits per heavy atom. The lowest BCUT2D eigenvalue weighted by atomic mass is 10.1. The Balaban J connectivity index is 2.48. The van der Waals surface area contributed by atoms with E-state index in [2.05, 4.69) is 26.2 Å². The van der Waals surface area contributed by atoms with Gasteiger partial charge < -0.3 is 9.73 Å². The van der Waals surface area contributed by atoms with E-state index in [4.69, 9.17) is 4.42 Å². The molecule has 0 fully saturated rings. The molecule has 78 valence electrons. The molecule has 0 saturated carbocycles. The van der Waals surface area contributed by atoms with Crippen molar-refractivity contribution in [2.75, 3.05) is 12.4 Å². The van der Waals surface area contributed by atoms with Crippen molar-refractivity contribution in [1.82, 2.24) is 4.98 Å². The van der Waals surface area contributed by atoms with Crippen molar-refractivity contribution in [3.63, 3.8) is 0 Å². The van der Waals surface area contributed by atoms with Gasteiger partial charge in [0.2, 0.25) is 0 Å². The highest BCUT2D eigenvalue weighted by atomic mass is 79.9. The van der Waals surface area contributed by atoms with E-state index in [0.717, 1.165) is 21.5 Å². The van der Waals surface area contributed by atoms with Crippen molar-refractivity contribution in [3.8, 4) is 11.3 Å². The molecule has 3 nitrogen and oxygen atoms in total. The van der Waals surface area contributed by atoms with Crippen LogP contribution in [0.4, 0.5) is 6.01 Å². The zero-order valence-corrected chi connectivity index (χ0v) is 10.1. The van der Waals surface area contributed by atoms with Crippen molar-refractivity contribution in [3.05, 3.63) is 34.5 Å². The predicted octanol–water partition coefficient (Wildman–Crippen LogP) is 3.45. The number of aryl methyl sites for hydroxylation is 1. The van der Waals surface area contributed by atoms with E-state index in [1.807, 2.05) is 31.2 Å². The number of hydrogen-bond donors (Lipinski definition) is 1. The smallest absolute Gasteiger partial charge is 0.295 e. The Morgan fingerprint density at radius 3 is 2.80 bits per heavy atom. The van der Waals surface area contributed by atoms with E-state index in [-0.39, 0.29) is 0 Å². The molecule has 1 aromatic carbocycles. The van der Waals surface area contributed by atoms with E-state index < -0.39 is 0 Å². The summed E-state index contributed by atoms with van der Waals surface area (Å²) in [6.45, 7) is 1.91. The first-order valence-corrected chi connectivity index (χ1v) is 5.41. The molecule has 0 amide bonds. The van der Waals surface area contributed by atoms with Gasteiger partial charge in [0.15, 0.2) is 0 Å². The summed E-state index contributed by atoms with van der Waals surface area (Å²) in [5.41, 5.74) is 1.92. The predicted molar refractivity (Wildman–Crippen MR) is 63.9 cm³/mol. The number of nitrogens with one attached hydrogen (secondary N) is 1. The number of benzene rings is 1. The van der Waals surface area contributed by atoms with Crippen LogP contribution in [0.1, 0.15) is 5.76 Å². The summed E-state index contributed by atoms with van der Waals surface area (Å²) in [5, 5.41) is 2.88. The van der Waals surface area contributed by atoms with Crippen molar-refractivity contribution >= 4 is 21.9 Å². The minimum absolute atomic E-state index is 0.544. The zero-order valence-electron chi connectivity index (χ0n) is 8.54. The molecule has 0 aliphatic heterocycles. The fraction of sp³-hybridized carbons (Fsp3) is 0.182. The van der Waals surface area contributed by atoms with Crippen LogP contribution in [-0.4, -0.2) is 12.0 Å². The van der Waals surface area contributed by atoms with Crippen molar-refractivity contribution in [2.45, 2.75) is 6.92 Å². The average molecular weight is 267 g/mol. The third-order valence-electron chi connectivity index (χ3n) is 2.11. The molecule has 0 unspecified atom stereocenters. The van der Waals surface area contributed by atoms with Crippen LogP contribution in [0.25, 0.3) is 11.3 Å². The Hall–Kier alpha value is -1.29. The molecule has 1 N–H and O–H groups in total. The first kappa shape index (κ1) is 10.2. The number of aromatic nitrogens is 1. The molecule has 0 aliphatic rings. The van der Waals surface area contributed by atoms with Gasteiger partial charge in [-0.25, -0.2) is 0 Å². The Kier molecular flexibility index (Phi) is 2.77. The Morgan fingerprint density at radius 1 is 1.40 bits per heavy atom. The van der Waals surface area contributed by atoms with Crippen LogP contribution >= 0.6 is 15.9 Å². The minimum atomic E-state index is 0.544. The number of nitrogens with zero attached hydrogens (tertiary/aromatic N) is 1. The molecule has 0 saturated heterocycles. The van der Waals surface area contributed by atoms with Crippen LogP contribution in [0, 0.1) is 6.92 Å². The highest BCUT2D eigenvalue weighted by Gasteiger charge is 2.10. The van der Waals surface area contributed by atoms with E-state index in [1.165, 1.54) is 0 Å². The molecular formula is C11H11BrN2O. The molecule has 2 rings (SSSR count). The molecular weight excluding hydrogens is 256 g/mol. The van der Waals surface area contributed by atoms with Gasteiger partial charge in [-0.15, -0.1) is 0 Å². The standard InChI is InChI=1S/C11H11BrN2O/c1-7-10(14-11(13-2)15-7)8-4-3-5-9(12)6-8/h3-6H,1-2H3,(H,13,14). The maximum Gasteiger partial charge on any atom is 0.295 e. The second-order valence-corrected chi connectivity index (χ2v) is 4.10. The van der Waals surface area contributed by atoms with Crippen LogP contribution in [0.2, 0.25) is 0 Å². The van der Waals surface area contributed by atoms with Gasteiger partial charge in [-0.3, -0.25) is 0 Å². The number of rotatable bonds is 2. The van der Waals surface area contributed by atoms with Crippen LogP contribution < -0.4 is 5.32 Å². The molecule has 0 bridgehead atoms. The summed E-state index contributed by atoms with van der Waals surface area (Å²) in [4.78, 5) is 4.34. The largest absolute Gasteiger partial charge is 0.428 e. The molecule has 15 heavy (non-hydrogen) atoms. The van der Waals surface area contributed by atoms with Crippen molar-refractivity contribution in [1.29, 1.82) is 0 Å². The van der Waals surface area contributed by atoms with Gasteiger partial charge in [0.05, 0.1) is 0 Å². The zero-order chi connectivity index (χ0) is 10.8. The summed E-state index contributed by atoms with van der Waals surface area (Å²) in [7, 11) is 1.79. The molecule has 1 aromatic heterocycles. The fourth-order valence-electron chi connectivity index (χ4n) is 1.41. The van der Waals surface area contributed by atoms with Gasteiger partial charge in [-0.2, -0.15) is 4.98 Å². The third kappa shape index (κ3) is 2.04. The van der Waals surface area contributed by atoms with Gasteiger partial charge in [0.25, 0.3) is 6.01 Å². The lowest BCUT2D eigenvalue weighted by molar-refractivity contribution is 0.544. The monoisotopic (exact) mass is 266 g/mol. The number of anilines is 1.